The molecule has 0 aromatic heterocycles. The van der Waals surface area contributed by atoms with E-state index in [9.17, 15) is 0 Å². The van der Waals surface area contributed by atoms with Crippen molar-refractivity contribution in [1.82, 2.24) is 0 Å². The molecule has 2 aromatic rings. The predicted octanol–water partition coefficient (Wildman–Crippen LogP) is 7.16. The van der Waals surface area contributed by atoms with E-state index in [1.54, 1.807) is 16.4 Å². The number of hydrogen-bond donors (Lipinski definition) is 0. The first-order valence-corrected chi connectivity index (χ1v) is 12.1. The lowest BCUT2D eigenvalue weighted by atomic mass is 9.77. The molecule has 0 amide bonds. The van der Waals surface area contributed by atoms with Crippen LogP contribution in [0.2, 0.25) is 0 Å². The Morgan fingerprint density at radius 1 is 0.806 bits per heavy atom. The van der Waals surface area contributed by atoms with Crippen LogP contribution in [-0.2, 0) is 10.8 Å². The third-order valence-corrected chi connectivity index (χ3v) is 7.31. The van der Waals surface area contributed by atoms with Gasteiger partial charge in [-0.2, -0.15) is 0 Å². The summed E-state index contributed by atoms with van der Waals surface area (Å²) in [5, 5.41) is 3.00. The number of hydrogen-bond acceptors (Lipinski definition) is 0. The van der Waals surface area contributed by atoms with Crippen LogP contribution in [0.25, 0.3) is 28.3 Å². The first kappa shape index (κ1) is 20.6. The fourth-order valence-corrected chi connectivity index (χ4v) is 5.72. The van der Waals surface area contributed by atoms with Crippen LogP contribution >= 0.6 is 0 Å². The minimum atomic E-state index is 0.109. The van der Waals surface area contributed by atoms with E-state index in [-0.39, 0.29) is 10.8 Å². The van der Waals surface area contributed by atoms with E-state index in [2.05, 4.69) is 90.1 Å². The lowest BCUT2D eigenvalue weighted by Gasteiger charge is -2.27. The molecule has 5 rings (SSSR count). The van der Waals surface area contributed by atoms with E-state index in [0.29, 0.717) is 0 Å². The Kier molecular flexibility index (Phi) is 4.70. The van der Waals surface area contributed by atoms with Crippen LogP contribution < -0.4 is 10.4 Å². The van der Waals surface area contributed by atoms with Gasteiger partial charge in [-0.1, -0.05) is 83.5 Å². The van der Waals surface area contributed by atoms with Gasteiger partial charge in [0.1, 0.15) is 0 Å². The zero-order valence-corrected chi connectivity index (χ0v) is 20.2. The average molecular weight is 409 g/mol. The SMILES string of the molecule is CC(C)(C)c1ccc2c(c1)C=c1c-2cc(=C2CCCC2)c(C(C)(C)C)c1C1=CC=CC1. The summed E-state index contributed by atoms with van der Waals surface area (Å²) in [7, 11) is 0. The third kappa shape index (κ3) is 3.45. The molecule has 1 fully saturated rings. The molecule has 0 bridgehead atoms. The van der Waals surface area contributed by atoms with E-state index in [4.69, 9.17) is 0 Å². The smallest absolute Gasteiger partial charge is 0.00881 e. The van der Waals surface area contributed by atoms with Crippen molar-refractivity contribution in [2.24, 2.45) is 0 Å². The summed E-state index contributed by atoms with van der Waals surface area (Å²) in [6.45, 7) is 14.1. The Bertz CT molecular complexity index is 1240. The summed E-state index contributed by atoms with van der Waals surface area (Å²) in [5.41, 5.74) is 12.2. The van der Waals surface area contributed by atoms with E-state index in [1.807, 2.05) is 0 Å². The molecule has 0 heterocycles. The Labute approximate surface area is 188 Å². The van der Waals surface area contributed by atoms with Gasteiger partial charge in [-0.15, -0.1) is 0 Å². The van der Waals surface area contributed by atoms with Crippen molar-refractivity contribution >= 4 is 17.2 Å². The molecular formula is C31H36. The van der Waals surface area contributed by atoms with Crippen molar-refractivity contribution in [2.75, 3.05) is 0 Å². The van der Waals surface area contributed by atoms with Crippen LogP contribution in [0.4, 0.5) is 0 Å². The summed E-state index contributed by atoms with van der Waals surface area (Å²) in [6.07, 6.45) is 15.6. The van der Waals surface area contributed by atoms with Crippen molar-refractivity contribution in [1.29, 1.82) is 0 Å². The third-order valence-electron chi connectivity index (χ3n) is 7.31. The monoisotopic (exact) mass is 408 g/mol. The lowest BCUT2D eigenvalue weighted by molar-refractivity contribution is 0.583. The maximum Gasteiger partial charge on any atom is -0.00881 e. The predicted molar refractivity (Wildman–Crippen MR) is 136 cm³/mol. The number of fused-ring (bicyclic) bond motifs is 3. The Morgan fingerprint density at radius 2 is 1.55 bits per heavy atom. The van der Waals surface area contributed by atoms with E-state index in [1.165, 1.54) is 64.3 Å². The molecule has 0 heteroatoms. The molecular weight excluding hydrogens is 372 g/mol. The summed E-state index contributed by atoms with van der Waals surface area (Å²) in [6, 6.07) is 9.71. The van der Waals surface area contributed by atoms with Gasteiger partial charge in [0.05, 0.1) is 0 Å². The van der Waals surface area contributed by atoms with E-state index >= 15 is 0 Å². The number of allylic oxidation sites excluding steroid dienone is 4. The second-order valence-corrected chi connectivity index (χ2v) is 11.7. The van der Waals surface area contributed by atoms with E-state index < -0.39 is 0 Å². The Balaban J connectivity index is 1.89. The normalized spacial score (nSPS) is 17.6. The zero-order chi connectivity index (χ0) is 22.0. The second kappa shape index (κ2) is 7.09. The summed E-state index contributed by atoms with van der Waals surface area (Å²) >= 11 is 0. The molecule has 1 saturated carbocycles. The molecule has 0 atom stereocenters. The molecule has 160 valence electrons. The maximum atomic E-state index is 2.56. The van der Waals surface area contributed by atoms with Crippen molar-refractivity contribution in [2.45, 2.75) is 84.5 Å². The van der Waals surface area contributed by atoms with E-state index in [0.717, 1.165) is 6.42 Å². The van der Waals surface area contributed by atoms with Gasteiger partial charge >= 0.3 is 0 Å². The largest absolute Gasteiger partial charge is 0.0801 e. The van der Waals surface area contributed by atoms with Gasteiger partial charge in [-0.25, -0.2) is 0 Å². The summed E-state index contributed by atoms with van der Waals surface area (Å²) < 4.78 is 0. The molecule has 31 heavy (non-hydrogen) atoms. The Hall–Kier alpha value is -2.34. The highest BCUT2D eigenvalue weighted by molar-refractivity contribution is 5.89. The van der Waals surface area contributed by atoms with Crippen LogP contribution in [0.15, 0.2) is 42.5 Å². The molecule has 0 unspecified atom stereocenters. The maximum absolute atomic E-state index is 2.56. The van der Waals surface area contributed by atoms with Crippen LogP contribution in [-0.4, -0.2) is 0 Å². The van der Waals surface area contributed by atoms with Gasteiger partial charge in [0.2, 0.25) is 0 Å². The quantitative estimate of drug-likeness (QED) is 0.401. The van der Waals surface area contributed by atoms with Crippen LogP contribution in [0, 0.1) is 0 Å². The molecule has 2 aromatic carbocycles. The number of rotatable bonds is 1. The van der Waals surface area contributed by atoms with Crippen molar-refractivity contribution in [3.63, 3.8) is 0 Å². The first-order chi connectivity index (χ1) is 14.6. The highest BCUT2D eigenvalue weighted by atomic mass is 14.3. The lowest BCUT2D eigenvalue weighted by Crippen LogP contribution is -2.31. The molecule has 0 N–H and O–H groups in total. The first-order valence-electron chi connectivity index (χ1n) is 12.1. The van der Waals surface area contributed by atoms with Crippen molar-refractivity contribution < 1.29 is 0 Å². The second-order valence-electron chi connectivity index (χ2n) is 11.7. The molecule has 3 aliphatic rings. The van der Waals surface area contributed by atoms with Crippen molar-refractivity contribution in [3.8, 4) is 11.1 Å². The topological polar surface area (TPSA) is 0 Å². The van der Waals surface area contributed by atoms with Gasteiger partial charge in [0.25, 0.3) is 0 Å². The summed E-state index contributed by atoms with van der Waals surface area (Å²) in [5.74, 6) is 0. The van der Waals surface area contributed by atoms with Crippen LogP contribution in [0.3, 0.4) is 0 Å². The van der Waals surface area contributed by atoms with Gasteiger partial charge in [0.15, 0.2) is 0 Å². The van der Waals surface area contributed by atoms with Gasteiger partial charge in [-0.3, -0.25) is 0 Å². The minimum absolute atomic E-state index is 0.109. The van der Waals surface area contributed by atoms with Gasteiger partial charge in [-0.05, 0) is 104 Å². The fraction of sp³-hybridized carbons (Fsp3) is 0.419. The Morgan fingerprint density at radius 3 is 2.16 bits per heavy atom. The summed E-state index contributed by atoms with van der Waals surface area (Å²) in [4.78, 5) is 0. The molecule has 0 nitrogen and oxygen atoms in total. The van der Waals surface area contributed by atoms with Crippen LogP contribution in [0.5, 0.6) is 0 Å². The van der Waals surface area contributed by atoms with Crippen molar-refractivity contribution in [3.05, 3.63) is 75.2 Å². The number of benzene rings is 2. The van der Waals surface area contributed by atoms with Gasteiger partial charge < -0.3 is 0 Å². The van der Waals surface area contributed by atoms with Crippen LogP contribution in [0.1, 0.15) is 95.9 Å². The fourth-order valence-electron chi connectivity index (χ4n) is 5.72. The molecule has 0 saturated heterocycles. The standard InChI is InChI=1S/C31H36/c1-30(2,3)23-15-16-24-22(17-23)18-27-26(24)19-25(20-11-7-8-12-20)29(31(4,5)6)28(27)21-13-9-10-14-21/h9-10,13,15-19H,7-8,11-12,14H2,1-6H3. The average Bonchev–Trinajstić information content (AvgIpc) is 3.44. The zero-order valence-electron chi connectivity index (χ0n) is 20.2. The minimum Gasteiger partial charge on any atom is -0.0801 e. The van der Waals surface area contributed by atoms with Gasteiger partial charge in [0, 0.05) is 0 Å². The molecule has 0 aliphatic heterocycles. The molecule has 0 radical (unpaired) electrons. The molecule has 0 spiro atoms. The highest BCUT2D eigenvalue weighted by Crippen LogP contribution is 2.37. The highest BCUT2D eigenvalue weighted by Gasteiger charge is 2.28. The molecule has 3 aliphatic carbocycles.